The molecule has 1 N–H and O–H groups in total. The molecule has 1 aromatic carbocycles. The van der Waals surface area contributed by atoms with Crippen molar-refractivity contribution in [1.82, 2.24) is 9.62 Å². The molecule has 118 valence electrons. The van der Waals surface area contributed by atoms with Crippen molar-refractivity contribution in [2.45, 2.75) is 31.7 Å². The highest BCUT2D eigenvalue weighted by molar-refractivity contribution is 7.89. The molecule has 0 radical (unpaired) electrons. The van der Waals surface area contributed by atoms with E-state index in [0.29, 0.717) is 37.7 Å². The molecule has 5 nitrogen and oxygen atoms in total. The van der Waals surface area contributed by atoms with Gasteiger partial charge in [-0.3, -0.25) is 0 Å². The molecule has 21 heavy (non-hydrogen) atoms. The average Bonchev–Trinajstić information content (AvgIpc) is 2.75. The first-order valence-corrected chi connectivity index (χ1v) is 8.88. The molecule has 0 amide bonds. The molecule has 0 saturated carbocycles. The van der Waals surface area contributed by atoms with Gasteiger partial charge < -0.3 is 10.1 Å². The molecular weight excluding hydrogens is 288 g/mol. The van der Waals surface area contributed by atoms with Crippen molar-refractivity contribution in [2.24, 2.45) is 0 Å². The summed E-state index contributed by atoms with van der Waals surface area (Å²) in [5.41, 5.74) is 1.87. The first-order chi connectivity index (χ1) is 10.1. The van der Waals surface area contributed by atoms with E-state index in [1.165, 1.54) is 0 Å². The Balaban J connectivity index is 2.30. The molecule has 0 unspecified atom stereocenters. The molecule has 0 bridgehead atoms. The molecular formula is C15H24N2O3S. The van der Waals surface area contributed by atoms with E-state index in [1.54, 1.807) is 10.4 Å². The number of hydrogen-bond donors (Lipinski definition) is 1. The molecule has 0 aliphatic carbocycles. The van der Waals surface area contributed by atoms with E-state index in [-0.39, 0.29) is 0 Å². The van der Waals surface area contributed by atoms with Gasteiger partial charge in [0.05, 0.1) is 11.5 Å². The largest absolute Gasteiger partial charge is 0.380 e. The zero-order chi connectivity index (χ0) is 15.3. The van der Waals surface area contributed by atoms with Crippen LogP contribution in [-0.2, 0) is 21.3 Å². The highest BCUT2D eigenvalue weighted by Crippen LogP contribution is 2.23. The molecule has 1 fully saturated rings. The van der Waals surface area contributed by atoms with Crippen LogP contribution < -0.4 is 5.32 Å². The van der Waals surface area contributed by atoms with Gasteiger partial charge in [0.2, 0.25) is 10.0 Å². The van der Waals surface area contributed by atoms with Crippen LogP contribution in [0.2, 0.25) is 0 Å². The lowest BCUT2D eigenvalue weighted by atomic mass is 10.1. The Labute approximate surface area is 127 Å². The van der Waals surface area contributed by atoms with Gasteiger partial charge in [0, 0.05) is 26.2 Å². The second kappa shape index (κ2) is 7.35. The number of nitrogens with zero attached hydrogens (tertiary/aromatic N) is 1. The molecule has 0 aromatic heterocycles. The maximum absolute atomic E-state index is 12.8. The number of benzene rings is 1. The zero-order valence-corrected chi connectivity index (χ0v) is 13.6. The van der Waals surface area contributed by atoms with Crippen molar-refractivity contribution in [2.75, 3.05) is 32.8 Å². The average molecular weight is 312 g/mol. The maximum Gasteiger partial charge on any atom is 0.243 e. The van der Waals surface area contributed by atoms with Gasteiger partial charge in [-0.15, -0.1) is 0 Å². The van der Waals surface area contributed by atoms with Crippen molar-refractivity contribution in [1.29, 1.82) is 0 Å². The second-order valence-corrected chi connectivity index (χ2v) is 7.10. The zero-order valence-electron chi connectivity index (χ0n) is 12.8. The topological polar surface area (TPSA) is 58.6 Å². The van der Waals surface area contributed by atoms with Gasteiger partial charge in [-0.2, -0.15) is 4.31 Å². The summed E-state index contributed by atoms with van der Waals surface area (Å²) in [4.78, 5) is 0.416. The lowest BCUT2D eigenvalue weighted by molar-refractivity contribution is 0.148. The second-order valence-electron chi connectivity index (χ2n) is 5.19. The summed E-state index contributed by atoms with van der Waals surface area (Å²) in [6, 6.07) is 5.50. The van der Waals surface area contributed by atoms with Crippen molar-refractivity contribution in [3.8, 4) is 0 Å². The van der Waals surface area contributed by atoms with Crippen LogP contribution >= 0.6 is 0 Å². The Hall–Kier alpha value is -0.950. The van der Waals surface area contributed by atoms with Crippen LogP contribution in [0.5, 0.6) is 0 Å². The molecule has 1 heterocycles. The lowest BCUT2D eigenvalue weighted by Crippen LogP contribution is -2.33. The van der Waals surface area contributed by atoms with Gasteiger partial charge in [0.15, 0.2) is 0 Å². The Bertz CT molecular complexity index is 564. The van der Waals surface area contributed by atoms with Crippen LogP contribution in [0.15, 0.2) is 23.1 Å². The van der Waals surface area contributed by atoms with Crippen LogP contribution in [0.25, 0.3) is 0 Å². The fourth-order valence-corrected chi connectivity index (χ4v) is 4.22. The smallest absolute Gasteiger partial charge is 0.243 e. The summed E-state index contributed by atoms with van der Waals surface area (Å²) in [5.74, 6) is 0. The molecule has 1 aliphatic heterocycles. The van der Waals surface area contributed by atoms with E-state index in [4.69, 9.17) is 4.74 Å². The highest BCUT2D eigenvalue weighted by Gasteiger charge is 2.27. The summed E-state index contributed by atoms with van der Waals surface area (Å²) in [6.07, 6.45) is 0.745. The summed E-state index contributed by atoms with van der Waals surface area (Å²) >= 11 is 0. The monoisotopic (exact) mass is 312 g/mol. The molecule has 1 saturated heterocycles. The Morgan fingerprint density at radius 3 is 2.86 bits per heavy atom. The van der Waals surface area contributed by atoms with Gasteiger partial charge >= 0.3 is 0 Å². The summed E-state index contributed by atoms with van der Waals surface area (Å²) in [6.45, 7) is 7.52. The van der Waals surface area contributed by atoms with Gasteiger partial charge in [-0.05, 0) is 37.1 Å². The minimum Gasteiger partial charge on any atom is -0.380 e. The van der Waals surface area contributed by atoms with Crippen molar-refractivity contribution in [3.05, 3.63) is 29.3 Å². The van der Waals surface area contributed by atoms with Crippen LogP contribution in [0.1, 0.15) is 24.5 Å². The van der Waals surface area contributed by atoms with Crippen molar-refractivity contribution < 1.29 is 13.2 Å². The molecule has 0 atom stereocenters. The van der Waals surface area contributed by atoms with Gasteiger partial charge in [-0.25, -0.2) is 8.42 Å². The predicted molar refractivity (Wildman–Crippen MR) is 82.8 cm³/mol. The third kappa shape index (κ3) is 3.83. The van der Waals surface area contributed by atoms with Gasteiger partial charge in [0.25, 0.3) is 0 Å². The summed E-state index contributed by atoms with van der Waals surface area (Å²) in [5, 5.41) is 3.25. The molecule has 2 rings (SSSR count). The lowest BCUT2D eigenvalue weighted by Gasteiger charge is -2.21. The van der Waals surface area contributed by atoms with Gasteiger partial charge in [0.1, 0.15) is 0 Å². The fraction of sp³-hybridized carbons (Fsp3) is 0.600. The summed E-state index contributed by atoms with van der Waals surface area (Å²) in [7, 11) is -3.44. The number of hydrogen-bond acceptors (Lipinski definition) is 4. The first kappa shape index (κ1) is 16.4. The number of ether oxygens (including phenoxy) is 1. The summed E-state index contributed by atoms with van der Waals surface area (Å²) < 4.78 is 32.6. The molecule has 1 aromatic rings. The van der Waals surface area contributed by atoms with Crippen molar-refractivity contribution >= 4 is 10.0 Å². The van der Waals surface area contributed by atoms with Crippen LogP contribution in [0.4, 0.5) is 0 Å². The Morgan fingerprint density at radius 1 is 1.29 bits per heavy atom. The Kier molecular flexibility index (Phi) is 5.75. The Morgan fingerprint density at radius 2 is 2.10 bits per heavy atom. The standard InChI is InChI=1S/C15H24N2O3S/c1-3-16-12-14-6-4-7-15(13(14)2)21(18,19)17-8-5-10-20-11-9-17/h4,6-7,16H,3,5,8-12H2,1-2H3. The van der Waals surface area contributed by atoms with Crippen LogP contribution in [-0.4, -0.2) is 45.6 Å². The molecule has 1 aliphatic rings. The number of sulfonamides is 1. The SMILES string of the molecule is CCNCc1cccc(S(=O)(=O)N2CCCOCC2)c1C. The highest BCUT2D eigenvalue weighted by atomic mass is 32.2. The predicted octanol–water partition coefficient (Wildman–Crippen LogP) is 1.52. The normalized spacial score (nSPS) is 17.6. The number of rotatable bonds is 5. The van der Waals surface area contributed by atoms with Crippen LogP contribution in [0, 0.1) is 6.92 Å². The van der Waals surface area contributed by atoms with Crippen molar-refractivity contribution in [3.63, 3.8) is 0 Å². The van der Waals surface area contributed by atoms with E-state index < -0.39 is 10.0 Å². The van der Waals surface area contributed by atoms with E-state index >= 15 is 0 Å². The van der Waals surface area contributed by atoms with E-state index in [9.17, 15) is 8.42 Å². The quantitative estimate of drug-likeness (QED) is 0.895. The van der Waals surface area contributed by atoms with E-state index in [0.717, 1.165) is 24.1 Å². The van der Waals surface area contributed by atoms with E-state index in [1.807, 2.05) is 26.0 Å². The first-order valence-electron chi connectivity index (χ1n) is 7.44. The molecule has 0 spiro atoms. The maximum atomic E-state index is 12.8. The van der Waals surface area contributed by atoms with Crippen LogP contribution in [0.3, 0.4) is 0 Å². The third-order valence-electron chi connectivity index (χ3n) is 3.76. The fourth-order valence-electron chi connectivity index (χ4n) is 2.49. The third-order valence-corrected chi connectivity index (χ3v) is 5.80. The van der Waals surface area contributed by atoms with Gasteiger partial charge in [-0.1, -0.05) is 19.1 Å². The minimum atomic E-state index is -3.44. The molecule has 6 heteroatoms. The minimum absolute atomic E-state index is 0.416. The number of nitrogens with one attached hydrogen (secondary N) is 1. The van der Waals surface area contributed by atoms with E-state index in [2.05, 4.69) is 5.32 Å².